The Hall–Kier alpha value is -3.82. The normalized spacial score (nSPS) is 11.2. The van der Waals surface area contributed by atoms with Crippen LogP contribution in [0.5, 0.6) is 0 Å². The Kier molecular flexibility index (Phi) is 4.97. The number of halogens is 1. The summed E-state index contributed by atoms with van der Waals surface area (Å²) < 4.78 is 1.03. The number of rotatable bonds is 3. The molecule has 1 heterocycles. The first-order valence-corrected chi connectivity index (χ1v) is 11.7. The molecule has 0 amide bonds. The zero-order valence-electron chi connectivity index (χ0n) is 17.7. The van der Waals surface area contributed by atoms with Crippen LogP contribution in [0.25, 0.3) is 55.4 Å². The minimum absolute atomic E-state index is 0.719. The number of hydrogen-bond donors (Lipinski definition) is 0. The van der Waals surface area contributed by atoms with Crippen LogP contribution in [0.4, 0.5) is 0 Å². The fourth-order valence-electron chi connectivity index (χ4n) is 4.24. The molecule has 0 fully saturated rings. The maximum absolute atomic E-state index is 4.99. The molecule has 6 rings (SSSR count). The maximum atomic E-state index is 4.99. The van der Waals surface area contributed by atoms with Gasteiger partial charge in [-0.2, -0.15) is 0 Å². The summed E-state index contributed by atoms with van der Waals surface area (Å²) in [6.45, 7) is 0. The fraction of sp³-hybridized carbons (Fsp3) is 0. The van der Waals surface area contributed by atoms with E-state index in [1.165, 1.54) is 21.5 Å². The van der Waals surface area contributed by atoms with E-state index in [0.717, 1.165) is 38.4 Å². The molecule has 0 radical (unpaired) electrons. The van der Waals surface area contributed by atoms with Crippen LogP contribution < -0.4 is 0 Å². The zero-order valence-corrected chi connectivity index (χ0v) is 19.3. The van der Waals surface area contributed by atoms with E-state index in [2.05, 4.69) is 88.7 Å². The fourth-order valence-corrected chi connectivity index (χ4v) is 4.51. The Bertz CT molecular complexity index is 1610. The lowest BCUT2D eigenvalue weighted by Gasteiger charge is -2.11. The predicted molar refractivity (Wildman–Crippen MR) is 141 cm³/mol. The van der Waals surface area contributed by atoms with Gasteiger partial charge in [-0.05, 0) is 45.8 Å². The van der Waals surface area contributed by atoms with Crippen molar-refractivity contribution in [3.63, 3.8) is 0 Å². The van der Waals surface area contributed by atoms with Crippen LogP contribution in [0.3, 0.4) is 0 Å². The molecule has 156 valence electrons. The van der Waals surface area contributed by atoms with Gasteiger partial charge < -0.3 is 0 Å². The highest BCUT2D eigenvalue weighted by molar-refractivity contribution is 9.10. The summed E-state index contributed by atoms with van der Waals surface area (Å²) in [5.41, 5.74) is 4.97. The van der Waals surface area contributed by atoms with E-state index in [1.54, 1.807) is 0 Å². The molecule has 1 aromatic heterocycles. The number of aromatic nitrogens is 2. The molecule has 5 aromatic carbocycles. The molecule has 0 aliphatic heterocycles. The van der Waals surface area contributed by atoms with Gasteiger partial charge in [-0.1, -0.05) is 107 Å². The van der Waals surface area contributed by atoms with E-state index >= 15 is 0 Å². The molecule has 0 saturated carbocycles. The molecule has 0 aliphatic rings. The van der Waals surface area contributed by atoms with Crippen molar-refractivity contribution < 1.29 is 0 Å². The third-order valence-electron chi connectivity index (χ3n) is 5.94. The molecular weight excluding hydrogens is 468 g/mol. The highest BCUT2D eigenvalue weighted by Gasteiger charge is 2.12. The summed E-state index contributed by atoms with van der Waals surface area (Å²) in [5, 5.41) is 4.95. The molecule has 2 nitrogen and oxygen atoms in total. The smallest absolute Gasteiger partial charge is 0.160 e. The number of fused-ring (bicyclic) bond motifs is 3. The van der Waals surface area contributed by atoms with Gasteiger partial charge in [0, 0.05) is 21.2 Å². The predicted octanol–water partition coefficient (Wildman–Crippen LogP) is 8.55. The first kappa shape index (κ1) is 19.8. The topological polar surface area (TPSA) is 25.8 Å². The van der Waals surface area contributed by atoms with Gasteiger partial charge in [-0.15, -0.1) is 0 Å². The second kappa shape index (κ2) is 8.27. The summed E-state index contributed by atoms with van der Waals surface area (Å²) in [6, 6.07) is 40.0. The zero-order chi connectivity index (χ0) is 22.2. The van der Waals surface area contributed by atoms with E-state index in [-0.39, 0.29) is 0 Å². The minimum Gasteiger partial charge on any atom is -0.228 e. The molecular formula is C30H19BrN2. The molecule has 0 spiro atoms. The van der Waals surface area contributed by atoms with Crippen LogP contribution >= 0.6 is 15.9 Å². The van der Waals surface area contributed by atoms with Crippen LogP contribution in [0.1, 0.15) is 0 Å². The van der Waals surface area contributed by atoms with Gasteiger partial charge in [0.15, 0.2) is 5.82 Å². The van der Waals surface area contributed by atoms with Crippen molar-refractivity contribution in [3.8, 4) is 33.9 Å². The molecule has 33 heavy (non-hydrogen) atoms. The quantitative estimate of drug-likeness (QED) is 0.234. The largest absolute Gasteiger partial charge is 0.228 e. The lowest BCUT2D eigenvalue weighted by Crippen LogP contribution is -1.96. The van der Waals surface area contributed by atoms with Crippen molar-refractivity contribution in [3.05, 3.63) is 120 Å². The van der Waals surface area contributed by atoms with E-state index in [1.807, 2.05) is 42.5 Å². The molecule has 6 aromatic rings. The number of hydrogen-bond acceptors (Lipinski definition) is 2. The van der Waals surface area contributed by atoms with Gasteiger partial charge in [0.05, 0.1) is 11.4 Å². The first-order chi connectivity index (χ1) is 16.2. The lowest BCUT2D eigenvalue weighted by molar-refractivity contribution is 1.18. The molecule has 0 bridgehead atoms. The van der Waals surface area contributed by atoms with Crippen molar-refractivity contribution in [2.24, 2.45) is 0 Å². The molecule has 0 aliphatic carbocycles. The molecule has 3 heteroatoms. The third-order valence-corrected chi connectivity index (χ3v) is 6.47. The van der Waals surface area contributed by atoms with Crippen LogP contribution in [-0.2, 0) is 0 Å². The van der Waals surface area contributed by atoms with Crippen LogP contribution in [-0.4, -0.2) is 9.97 Å². The molecule has 0 N–H and O–H groups in total. The standard InChI is InChI=1S/C30H19BrN2/c31-25-16-14-23(15-17-25)30-32-28(22-7-2-1-3-8-22)19-29(33-30)24-13-12-21-11-10-20-6-4-5-9-26(20)27(21)18-24/h1-19H. The minimum atomic E-state index is 0.719. The molecule has 0 unspecified atom stereocenters. The van der Waals surface area contributed by atoms with Crippen molar-refractivity contribution in [2.45, 2.75) is 0 Å². The van der Waals surface area contributed by atoms with Crippen LogP contribution in [0.15, 0.2) is 120 Å². The summed E-state index contributed by atoms with van der Waals surface area (Å²) >= 11 is 3.52. The Morgan fingerprint density at radius 3 is 1.85 bits per heavy atom. The van der Waals surface area contributed by atoms with Crippen molar-refractivity contribution in [1.29, 1.82) is 0 Å². The SMILES string of the molecule is Brc1ccc(-c2nc(-c3ccccc3)cc(-c3ccc4ccc5ccccc5c4c3)n2)cc1. The Labute approximate surface area is 200 Å². The Morgan fingerprint density at radius 2 is 1.06 bits per heavy atom. The second-order valence-corrected chi connectivity index (χ2v) is 8.97. The van der Waals surface area contributed by atoms with Gasteiger partial charge in [-0.25, -0.2) is 9.97 Å². The summed E-state index contributed by atoms with van der Waals surface area (Å²) in [5.74, 6) is 0.719. The van der Waals surface area contributed by atoms with E-state index in [9.17, 15) is 0 Å². The number of nitrogens with zero attached hydrogens (tertiary/aromatic N) is 2. The van der Waals surface area contributed by atoms with Gasteiger partial charge in [-0.3, -0.25) is 0 Å². The molecule has 0 saturated heterocycles. The summed E-state index contributed by atoms with van der Waals surface area (Å²) in [7, 11) is 0. The van der Waals surface area contributed by atoms with Crippen LogP contribution in [0.2, 0.25) is 0 Å². The maximum Gasteiger partial charge on any atom is 0.160 e. The highest BCUT2D eigenvalue weighted by atomic mass is 79.9. The average Bonchev–Trinajstić information content (AvgIpc) is 2.89. The van der Waals surface area contributed by atoms with E-state index in [4.69, 9.17) is 9.97 Å². The highest BCUT2D eigenvalue weighted by Crippen LogP contribution is 2.32. The average molecular weight is 487 g/mol. The second-order valence-electron chi connectivity index (χ2n) is 8.06. The first-order valence-electron chi connectivity index (χ1n) is 10.9. The van der Waals surface area contributed by atoms with E-state index < -0.39 is 0 Å². The third kappa shape index (κ3) is 3.81. The van der Waals surface area contributed by atoms with Gasteiger partial charge in [0.25, 0.3) is 0 Å². The van der Waals surface area contributed by atoms with Gasteiger partial charge in [0.1, 0.15) is 0 Å². The van der Waals surface area contributed by atoms with Gasteiger partial charge >= 0.3 is 0 Å². The summed E-state index contributed by atoms with van der Waals surface area (Å²) in [4.78, 5) is 9.90. The molecule has 0 atom stereocenters. The summed E-state index contributed by atoms with van der Waals surface area (Å²) in [6.07, 6.45) is 0. The van der Waals surface area contributed by atoms with Crippen molar-refractivity contribution >= 4 is 37.5 Å². The number of benzene rings is 5. The lowest BCUT2D eigenvalue weighted by atomic mass is 9.98. The van der Waals surface area contributed by atoms with Gasteiger partial charge in [0.2, 0.25) is 0 Å². The Morgan fingerprint density at radius 1 is 0.455 bits per heavy atom. The van der Waals surface area contributed by atoms with Crippen molar-refractivity contribution in [1.82, 2.24) is 9.97 Å². The Balaban J connectivity index is 1.58. The van der Waals surface area contributed by atoms with Crippen LogP contribution in [0, 0.1) is 0 Å². The van der Waals surface area contributed by atoms with Crippen molar-refractivity contribution in [2.75, 3.05) is 0 Å². The monoisotopic (exact) mass is 486 g/mol. The van der Waals surface area contributed by atoms with E-state index in [0.29, 0.717) is 0 Å².